The van der Waals surface area contributed by atoms with Gasteiger partial charge in [-0.2, -0.15) is 13.2 Å². The summed E-state index contributed by atoms with van der Waals surface area (Å²) in [6, 6.07) is 5.26. The maximum absolute atomic E-state index is 13.1. The highest BCUT2D eigenvalue weighted by atomic mass is 35.5. The number of carbonyl (C=O) groups excluding carboxylic acids is 1. The smallest absolute Gasteiger partial charge is 0.343 e. The van der Waals surface area contributed by atoms with Crippen molar-refractivity contribution >= 4 is 28.2 Å². The molecule has 10 heteroatoms. The highest BCUT2D eigenvalue weighted by Crippen LogP contribution is 2.24. The molecular formula is C15H22ClF3N2O3S. The monoisotopic (exact) mass is 402 g/mol. The maximum Gasteiger partial charge on any atom is 0.408 e. The molecule has 0 spiro atoms. The molecule has 2 unspecified atom stereocenters. The molecule has 0 aliphatic heterocycles. The first-order valence-electron chi connectivity index (χ1n) is 7.33. The molecule has 0 aliphatic carbocycles. The molecule has 25 heavy (non-hydrogen) atoms. The summed E-state index contributed by atoms with van der Waals surface area (Å²) in [5.74, 6) is -1.36. The first-order valence-corrected chi connectivity index (χ1v) is 9.39. The molecule has 1 aromatic carbocycles. The van der Waals surface area contributed by atoms with E-state index in [4.69, 9.17) is 5.73 Å². The third kappa shape index (κ3) is 9.66. The van der Waals surface area contributed by atoms with Crippen molar-refractivity contribution in [2.75, 3.05) is 12.0 Å². The zero-order chi connectivity index (χ0) is 18.4. The van der Waals surface area contributed by atoms with Crippen molar-refractivity contribution in [1.82, 2.24) is 5.32 Å². The van der Waals surface area contributed by atoms with Crippen LogP contribution in [0.1, 0.15) is 18.4 Å². The van der Waals surface area contributed by atoms with E-state index in [1.54, 1.807) is 30.3 Å². The normalized spacial score (nSPS) is 14.3. The molecule has 0 heterocycles. The van der Waals surface area contributed by atoms with Gasteiger partial charge in [-0.15, -0.1) is 12.4 Å². The van der Waals surface area contributed by atoms with Crippen molar-refractivity contribution in [2.24, 2.45) is 5.73 Å². The quantitative estimate of drug-likeness (QED) is 0.694. The topological polar surface area (TPSA) is 89.3 Å². The van der Waals surface area contributed by atoms with Crippen molar-refractivity contribution in [3.05, 3.63) is 35.9 Å². The Labute approximate surface area is 151 Å². The van der Waals surface area contributed by atoms with Crippen LogP contribution in [0.2, 0.25) is 0 Å². The Kier molecular flexibility index (Phi) is 9.45. The Bertz CT molecular complexity index is 639. The number of nitrogens with two attached hydrogens (primary N) is 1. The van der Waals surface area contributed by atoms with Gasteiger partial charge in [-0.1, -0.05) is 30.3 Å². The molecule has 0 bridgehead atoms. The lowest BCUT2D eigenvalue weighted by molar-refractivity contribution is -0.163. The maximum atomic E-state index is 13.1. The highest BCUT2D eigenvalue weighted by Gasteiger charge is 2.40. The average molecular weight is 403 g/mol. The van der Waals surface area contributed by atoms with E-state index in [9.17, 15) is 26.4 Å². The second-order valence-electron chi connectivity index (χ2n) is 5.65. The van der Waals surface area contributed by atoms with Crippen LogP contribution in [0, 0.1) is 0 Å². The summed E-state index contributed by atoms with van der Waals surface area (Å²) < 4.78 is 61.3. The standard InChI is InChI=1S/C15H21F3N2O3S.ClH/c1-24(22,23)10-9-12(19)14(21)20-13(15(16,17)18)8-7-11-5-3-2-4-6-11;/h2-6,12-13H,7-10,19H2,1H3,(H,20,21);1H. The molecule has 0 fully saturated rings. The van der Waals surface area contributed by atoms with Gasteiger partial charge in [0.1, 0.15) is 15.9 Å². The number of nitrogens with one attached hydrogen (secondary N) is 1. The van der Waals surface area contributed by atoms with Gasteiger partial charge in [-0.25, -0.2) is 8.42 Å². The Morgan fingerprint density at radius 3 is 2.24 bits per heavy atom. The van der Waals surface area contributed by atoms with Crippen molar-refractivity contribution in [3.8, 4) is 0 Å². The molecule has 0 saturated heterocycles. The van der Waals surface area contributed by atoms with Crippen molar-refractivity contribution in [1.29, 1.82) is 0 Å². The van der Waals surface area contributed by atoms with Crippen molar-refractivity contribution in [2.45, 2.75) is 37.5 Å². The number of sulfone groups is 1. The Hall–Kier alpha value is -1.32. The summed E-state index contributed by atoms with van der Waals surface area (Å²) in [4.78, 5) is 11.8. The Morgan fingerprint density at radius 1 is 1.20 bits per heavy atom. The van der Waals surface area contributed by atoms with Crippen molar-refractivity contribution in [3.63, 3.8) is 0 Å². The van der Waals surface area contributed by atoms with Crippen LogP contribution in [0.3, 0.4) is 0 Å². The van der Waals surface area contributed by atoms with E-state index in [0.717, 1.165) is 11.8 Å². The van der Waals surface area contributed by atoms with Crippen LogP contribution in [0.15, 0.2) is 30.3 Å². The van der Waals surface area contributed by atoms with Gasteiger partial charge in [0, 0.05) is 6.26 Å². The number of alkyl halides is 3. The Balaban J connectivity index is 0.00000576. The summed E-state index contributed by atoms with van der Waals surface area (Å²) in [5, 5.41) is 1.88. The van der Waals surface area contributed by atoms with E-state index in [0.29, 0.717) is 0 Å². The number of benzene rings is 1. The average Bonchev–Trinajstić information content (AvgIpc) is 2.47. The number of rotatable bonds is 8. The lowest BCUT2D eigenvalue weighted by atomic mass is 10.0. The fourth-order valence-electron chi connectivity index (χ4n) is 2.02. The SMILES string of the molecule is CS(=O)(=O)CCC(N)C(=O)NC(CCc1ccccc1)C(F)(F)F.Cl. The molecule has 1 aromatic rings. The van der Waals surface area contributed by atoms with Gasteiger partial charge in [0.15, 0.2) is 0 Å². The van der Waals surface area contributed by atoms with E-state index < -0.39 is 34.0 Å². The zero-order valence-electron chi connectivity index (χ0n) is 13.6. The van der Waals surface area contributed by atoms with Crippen LogP contribution in [-0.4, -0.2) is 44.6 Å². The summed E-state index contributed by atoms with van der Waals surface area (Å²) >= 11 is 0. The van der Waals surface area contributed by atoms with Crippen LogP contribution < -0.4 is 11.1 Å². The molecule has 3 N–H and O–H groups in total. The third-order valence-electron chi connectivity index (χ3n) is 3.41. The minimum atomic E-state index is -4.61. The predicted molar refractivity (Wildman–Crippen MR) is 92.3 cm³/mol. The van der Waals surface area contributed by atoms with Crippen LogP contribution in [0.5, 0.6) is 0 Å². The molecule has 0 aliphatic rings. The Morgan fingerprint density at radius 2 is 1.76 bits per heavy atom. The predicted octanol–water partition coefficient (Wildman–Crippen LogP) is 1.85. The summed E-state index contributed by atoms with van der Waals surface area (Å²) in [6.07, 6.45) is -4.05. The number of hydrogen-bond donors (Lipinski definition) is 2. The second-order valence-corrected chi connectivity index (χ2v) is 7.91. The van der Waals surface area contributed by atoms with Crippen LogP contribution in [0.25, 0.3) is 0 Å². The van der Waals surface area contributed by atoms with Gasteiger partial charge < -0.3 is 11.1 Å². The number of carbonyl (C=O) groups is 1. The van der Waals surface area contributed by atoms with E-state index >= 15 is 0 Å². The summed E-state index contributed by atoms with van der Waals surface area (Å²) in [6.45, 7) is 0. The number of aryl methyl sites for hydroxylation is 1. The van der Waals surface area contributed by atoms with Crippen molar-refractivity contribution < 1.29 is 26.4 Å². The van der Waals surface area contributed by atoms with E-state index in [1.165, 1.54) is 0 Å². The number of amides is 1. The van der Waals surface area contributed by atoms with E-state index in [-0.39, 0.29) is 37.4 Å². The largest absolute Gasteiger partial charge is 0.408 e. The summed E-state index contributed by atoms with van der Waals surface area (Å²) in [7, 11) is -3.34. The van der Waals surface area contributed by atoms with E-state index in [1.807, 2.05) is 5.32 Å². The first kappa shape index (κ1) is 23.7. The van der Waals surface area contributed by atoms with Gasteiger partial charge in [0.25, 0.3) is 0 Å². The van der Waals surface area contributed by atoms with Gasteiger partial charge in [0.2, 0.25) is 5.91 Å². The molecule has 144 valence electrons. The molecule has 0 saturated carbocycles. The summed E-state index contributed by atoms with van der Waals surface area (Å²) in [5.41, 5.74) is 6.20. The molecule has 1 amide bonds. The molecule has 2 atom stereocenters. The second kappa shape index (κ2) is 9.98. The molecule has 0 aromatic heterocycles. The third-order valence-corrected chi connectivity index (χ3v) is 4.39. The van der Waals surface area contributed by atoms with Crippen LogP contribution in [-0.2, 0) is 21.1 Å². The van der Waals surface area contributed by atoms with Gasteiger partial charge in [-0.3, -0.25) is 4.79 Å². The number of halogens is 4. The molecule has 0 radical (unpaired) electrons. The fourth-order valence-corrected chi connectivity index (χ4v) is 2.71. The fraction of sp³-hybridized carbons (Fsp3) is 0.533. The number of hydrogen-bond acceptors (Lipinski definition) is 4. The van der Waals surface area contributed by atoms with Gasteiger partial charge >= 0.3 is 6.18 Å². The lowest BCUT2D eigenvalue weighted by Crippen LogP contribution is -2.51. The molecule has 5 nitrogen and oxygen atoms in total. The lowest BCUT2D eigenvalue weighted by Gasteiger charge is -2.23. The van der Waals surface area contributed by atoms with Gasteiger partial charge in [-0.05, 0) is 24.8 Å². The van der Waals surface area contributed by atoms with Crippen LogP contribution in [0.4, 0.5) is 13.2 Å². The first-order chi connectivity index (χ1) is 11.0. The highest BCUT2D eigenvalue weighted by molar-refractivity contribution is 7.90. The minimum Gasteiger partial charge on any atom is -0.343 e. The molecule has 1 rings (SSSR count). The van der Waals surface area contributed by atoms with Crippen LogP contribution >= 0.6 is 12.4 Å². The van der Waals surface area contributed by atoms with Gasteiger partial charge in [0.05, 0.1) is 11.8 Å². The zero-order valence-corrected chi connectivity index (χ0v) is 15.3. The van der Waals surface area contributed by atoms with E-state index in [2.05, 4.69) is 0 Å². The minimum absolute atomic E-state index is 0. The molecular weight excluding hydrogens is 381 g/mol.